The van der Waals surface area contributed by atoms with Gasteiger partial charge in [-0.2, -0.15) is 4.68 Å². The van der Waals surface area contributed by atoms with Gasteiger partial charge >= 0.3 is 11.2 Å². The maximum Gasteiger partial charge on any atom is 0.352 e. The molecule has 0 N–H and O–H groups in total. The van der Waals surface area contributed by atoms with Crippen molar-refractivity contribution in [2.24, 2.45) is 0 Å². The topological polar surface area (TPSA) is 66.1 Å². The quantitative estimate of drug-likeness (QED) is 0.722. The van der Waals surface area contributed by atoms with Crippen molar-refractivity contribution in [2.45, 2.75) is 6.54 Å². The Morgan fingerprint density at radius 2 is 1.80 bits per heavy atom. The summed E-state index contributed by atoms with van der Waals surface area (Å²) in [6, 6.07) is 11.3. The highest BCUT2D eigenvalue weighted by atomic mass is 19.1. The molecular formula is C17H13F2N3O3. The monoisotopic (exact) mass is 345 g/mol. The van der Waals surface area contributed by atoms with Crippen LogP contribution in [-0.2, 0) is 6.54 Å². The minimum Gasteiger partial charge on any atom is -0.476 e. The van der Waals surface area contributed by atoms with E-state index >= 15 is 0 Å². The number of hydrogen-bond acceptors (Lipinski definition) is 4. The number of benzene rings is 2. The fraction of sp³-hybridized carbons (Fsp3) is 0.118. The standard InChI is InChI=1S/C17H13F2N3O3/c1-25-15-16(23)21(10-11-7-8-12(18)9-14(11)19)17(24)22(20-15)13-5-3-2-4-6-13/h2-9H,10H2,1H3. The largest absolute Gasteiger partial charge is 0.476 e. The zero-order valence-electron chi connectivity index (χ0n) is 13.1. The van der Waals surface area contributed by atoms with E-state index in [0.29, 0.717) is 11.8 Å². The van der Waals surface area contributed by atoms with Crippen LogP contribution in [0.5, 0.6) is 5.88 Å². The predicted octanol–water partition coefficient (Wildman–Crippen LogP) is 1.73. The number of nitrogens with zero attached hydrogens (tertiary/aromatic N) is 3. The molecule has 0 spiro atoms. The van der Waals surface area contributed by atoms with Gasteiger partial charge in [0.05, 0.1) is 19.3 Å². The van der Waals surface area contributed by atoms with Crippen LogP contribution in [0.15, 0.2) is 58.1 Å². The maximum absolute atomic E-state index is 13.9. The number of hydrogen-bond donors (Lipinski definition) is 0. The second-order valence-corrected chi connectivity index (χ2v) is 5.17. The molecule has 0 atom stereocenters. The highest BCUT2D eigenvalue weighted by molar-refractivity contribution is 5.30. The van der Waals surface area contributed by atoms with Crippen molar-refractivity contribution in [3.8, 4) is 11.6 Å². The summed E-state index contributed by atoms with van der Waals surface area (Å²) in [5.74, 6) is -1.91. The van der Waals surface area contributed by atoms with Crippen LogP contribution in [0, 0.1) is 11.6 Å². The maximum atomic E-state index is 13.9. The predicted molar refractivity (Wildman–Crippen MR) is 86.1 cm³/mol. The summed E-state index contributed by atoms with van der Waals surface area (Å²) in [4.78, 5) is 25.0. The molecule has 25 heavy (non-hydrogen) atoms. The summed E-state index contributed by atoms with van der Waals surface area (Å²) in [7, 11) is 1.24. The van der Waals surface area contributed by atoms with E-state index in [1.54, 1.807) is 30.3 Å². The van der Waals surface area contributed by atoms with Crippen LogP contribution in [-0.4, -0.2) is 21.5 Å². The summed E-state index contributed by atoms with van der Waals surface area (Å²) in [5.41, 5.74) is -1.16. The normalized spacial score (nSPS) is 10.7. The number of ether oxygens (including phenoxy) is 1. The molecule has 0 radical (unpaired) electrons. The van der Waals surface area contributed by atoms with E-state index in [0.717, 1.165) is 15.3 Å². The Kier molecular flexibility index (Phi) is 4.42. The summed E-state index contributed by atoms with van der Waals surface area (Å²) >= 11 is 0. The van der Waals surface area contributed by atoms with Crippen LogP contribution in [0.25, 0.3) is 5.69 Å². The minimum absolute atomic E-state index is 0.00605. The Morgan fingerprint density at radius 1 is 1.08 bits per heavy atom. The van der Waals surface area contributed by atoms with Crippen molar-refractivity contribution in [1.82, 2.24) is 14.3 Å². The molecule has 2 aromatic carbocycles. The molecule has 0 unspecified atom stereocenters. The number of aromatic nitrogens is 3. The molecule has 0 saturated carbocycles. The lowest BCUT2D eigenvalue weighted by Crippen LogP contribution is -2.41. The summed E-state index contributed by atoms with van der Waals surface area (Å²) in [5, 5.41) is 3.89. The van der Waals surface area contributed by atoms with Crippen molar-refractivity contribution in [3.63, 3.8) is 0 Å². The van der Waals surface area contributed by atoms with Crippen LogP contribution in [0.1, 0.15) is 5.56 Å². The average Bonchev–Trinajstić information content (AvgIpc) is 2.61. The number of rotatable bonds is 4. The van der Waals surface area contributed by atoms with E-state index in [1.165, 1.54) is 13.2 Å². The summed E-state index contributed by atoms with van der Waals surface area (Å²) in [6.45, 7) is -0.379. The first-order chi connectivity index (χ1) is 12.0. The molecule has 6 nitrogen and oxygen atoms in total. The van der Waals surface area contributed by atoms with Crippen molar-refractivity contribution in [2.75, 3.05) is 7.11 Å². The van der Waals surface area contributed by atoms with Gasteiger partial charge in [-0.1, -0.05) is 24.3 Å². The number of halogens is 2. The SMILES string of the molecule is COc1nn(-c2ccccc2)c(=O)n(Cc2ccc(F)cc2F)c1=O. The van der Waals surface area contributed by atoms with E-state index in [4.69, 9.17) is 4.74 Å². The molecule has 8 heteroatoms. The first kappa shape index (κ1) is 16.6. The van der Waals surface area contributed by atoms with Gasteiger partial charge in [-0.25, -0.2) is 18.1 Å². The zero-order chi connectivity index (χ0) is 18.0. The lowest BCUT2D eigenvalue weighted by Gasteiger charge is -2.11. The van der Waals surface area contributed by atoms with Gasteiger partial charge in [0.2, 0.25) is 0 Å². The van der Waals surface area contributed by atoms with Gasteiger partial charge in [-0.15, -0.1) is 5.10 Å². The van der Waals surface area contributed by atoms with Gasteiger partial charge in [0, 0.05) is 11.6 Å². The van der Waals surface area contributed by atoms with Gasteiger partial charge in [0.25, 0.3) is 5.88 Å². The Labute approximate surface area is 140 Å². The van der Waals surface area contributed by atoms with Crippen molar-refractivity contribution >= 4 is 0 Å². The van der Waals surface area contributed by atoms with E-state index in [2.05, 4.69) is 5.10 Å². The van der Waals surface area contributed by atoms with Crippen molar-refractivity contribution < 1.29 is 13.5 Å². The van der Waals surface area contributed by atoms with E-state index in [-0.39, 0.29) is 18.0 Å². The first-order valence-electron chi connectivity index (χ1n) is 7.29. The lowest BCUT2D eigenvalue weighted by atomic mass is 10.2. The van der Waals surface area contributed by atoms with E-state index < -0.39 is 22.9 Å². The van der Waals surface area contributed by atoms with Crippen LogP contribution in [0.4, 0.5) is 8.78 Å². The van der Waals surface area contributed by atoms with Gasteiger partial charge < -0.3 is 4.74 Å². The fourth-order valence-corrected chi connectivity index (χ4v) is 2.32. The molecule has 0 aliphatic carbocycles. The third-order valence-corrected chi connectivity index (χ3v) is 3.57. The second kappa shape index (κ2) is 6.68. The summed E-state index contributed by atoms with van der Waals surface area (Å²) in [6.07, 6.45) is 0. The molecule has 3 aromatic rings. The van der Waals surface area contributed by atoms with Crippen LogP contribution in [0.2, 0.25) is 0 Å². The summed E-state index contributed by atoms with van der Waals surface area (Å²) < 4.78 is 33.6. The molecule has 3 rings (SSSR count). The number of methoxy groups -OCH3 is 1. The van der Waals surface area contributed by atoms with E-state index in [9.17, 15) is 18.4 Å². The molecule has 0 bridgehead atoms. The Balaban J connectivity index is 2.19. The highest BCUT2D eigenvalue weighted by Gasteiger charge is 2.16. The van der Waals surface area contributed by atoms with Gasteiger partial charge in [-0.05, 0) is 18.2 Å². The lowest BCUT2D eigenvalue weighted by molar-refractivity contribution is 0.367. The number of para-hydroxylation sites is 1. The Hall–Kier alpha value is -3.29. The zero-order valence-corrected chi connectivity index (χ0v) is 13.1. The molecule has 0 aliphatic rings. The molecule has 0 fully saturated rings. The minimum atomic E-state index is -0.853. The molecule has 1 heterocycles. The van der Waals surface area contributed by atoms with Crippen molar-refractivity contribution in [1.29, 1.82) is 0 Å². The molecule has 1 aromatic heterocycles. The third kappa shape index (κ3) is 3.18. The molecule has 0 saturated heterocycles. The molecule has 0 amide bonds. The molecular weight excluding hydrogens is 332 g/mol. The van der Waals surface area contributed by atoms with Gasteiger partial charge in [0.1, 0.15) is 11.6 Å². The first-order valence-corrected chi connectivity index (χ1v) is 7.29. The second-order valence-electron chi connectivity index (χ2n) is 5.17. The van der Waals surface area contributed by atoms with Gasteiger partial charge in [-0.3, -0.25) is 4.79 Å². The Morgan fingerprint density at radius 3 is 2.44 bits per heavy atom. The van der Waals surface area contributed by atoms with Gasteiger partial charge in [0.15, 0.2) is 0 Å². The van der Waals surface area contributed by atoms with Crippen LogP contribution >= 0.6 is 0 Å². The van der Waals surface area contributed by atoms with Crippen LogP contribution in [0.3, 0.4) is 0 Å². The van der Waals surface area contributed by atoms with Crippen LogP contribution < -0.4 is 16.0 Å². The Bertz CT molecular complexity index is 1030. The smallest absolute Gasteiger partial charge is 0.352 e. The van der Waals surface area contributed by atoms with Crippen molar-refractivity contribution in [3.05, 3.63) is 86.6 Å². The van der Waals surface area contributed by atoms with E-state index in [1.807, 2.05) is 0 Å². The molecule has 128 valence electrons. The highest BCUT2D eigenvalue weighted by Crippen LogP contribution is 2.11. The third-order valence-electron chi connectivity index (χ3n) is 3.57. The molecule has 0 aliphatic heterocycles. The fourth-order valence-electron chi connectivity index (χ4n) is 2.32. The average molecular weight is 345 g/mol.